The third kappa shape index (κ3) is 4.41. The highest BCUT2D eigenvalue weighted by Gasteiger charge is 2.50. The SMILES string of the molecule is CC(C)(C)[Si](OC[C@@H]1C=C[C@H](n2cc(F)c(=O)[nH]c2=O)O1)(c1ccccc1)c1ccccc1. The quantitative estimate of drug-likeness (QED) is 0.448. The van der Waals surface area contributed by atoms with E-state index in [2.05, 4.69) is 45.0 Å². The van der Waals surface area contributed by atoms with Crippen molar-refractivity contribution in [3.63, 3.8) is 0 Å². The minimum atomic E-state index is -2.74. The van der Waals surface area contributed by atoms with Crippen molar-refractivity contribution in [2.75, 3.05) is 6.61 Å². The van der Waals surface area contributed by atoms with E-state index in [-0.39, 0.29) is 11.6 Å². The number of hydrogen-bond acceptors (Lipinski definition) is 4. The zero-order valence-corrected chi connectivity index (χ0v) is 19.8. The molecule has 2 atom stereocenters. The molecule has 1 aromatic heterocycles. The molecule has 0 amide bonds. The van der Waals surface area contributed by atoms with Gasteiger partial charge in [-0.2, -0.15) is 4.39 Å². The van der Waals surface area contributed by atoms with Gasteiger partial charge in [-0.1, -0.05) is 87.5 Å². The summed E-state index contributed by atoms with van der Waals surface area (Å²) in [6.45, 7) is 6.84. The highest BCUT2D eigenvalue weighted by molar-refractivity contribution is 6.99. The van der Waals surface area contributed by atoms with E-state index in [1.54, 1.807) is 12.2 Å². The number of H-pyrrole nitrogens is 1. The second-order valence-corrected chi connectivity index (χ2v) is 13.4. The maximum Gasteiger partial charge on any atom is 0.330 e. The van der Waals surface area contributed by atoms with Crippen molar-refractivity contribution in [1.82, 2.24) is 9.55 Å². The monoisotopic (exact) mass is 466 g/mol. The number of ether oxygens (including phenoxy) is 1. The largest absolute Gasteiger partial charge is 0.404 e. The van der Waals surface area contributed by atoms with Crippen molar-refractivity contribution < 1.29 is 13.6 Å². The van der Waals surface area contributed by atoms with Gasteiger partial charge in [-0.3, -0.25) is 14.3 Å². The molecule has 8 heteroatoms. The van der Waals surface area contributed by atoms with Crippen LogP contribution in [0.3, 0.4) is 0 Å². The lowest BCUT2D eigenvalue weighted by Gasteiger charge is -2.43. The predicted molar refractivity (Wildman–Crippen MR) is 128 cm³/mol. The van der Waals surface area contributed by atoms with Gasteiger partial charge in [0.1, 0.15) is 6.10 Å². The van der Waals surface area contributed by atoms with E-state index in [0.29, 0.717) is 0 Å². The zero-order chi connectivity index (χ0) is 23.6. The minimum Gasteiger partial charge on any atom is -0.404 e. The van der Waals surface area contributed by atoms with Crippen LogP contribution in [0, 0.1) is 5.82 Å². The Hall–Kier alpha value is -3.07. The molecule has 2 heterocycles. The second kappa shape index (κ2) is 9.05. The Morgan fingerprint density at radius 2 is 1.58 bits per heavy atom. The van der Waals surface area contributed by atoms with Gasteiger partial charge >= 0.3 is 5.69 Å². The average Bonchev–Trinajstić information content (AvgIpc) is 3.26. The van der Waals surface area contributed by atoms with Gasteiger partial charge in [0.05, 0.1) is 12.8 Å². The molecule has 0 fully saturated rings. The molecule has 4 rings (SSSR count). The van der Waals surface area contributed by atoms with Crippen molar-refractivity contribution in [3.8, 4) is 0 Å². The van der Waals surface area contributed by atoms with Crippen LogP contribution in [0.25, 0.3) is 0 Å². The minimum absolute atomic E-state index is 0.184. The Bertz CT molecular complexity index is 1210. The molecule has 1 aliphatic rings. The summed E-state index contributed by atoms with van der Waals surface area (Å²) in [5, 5.41) is 2.12. The molecule has 0 radical (unpaired) electrons. The van der Waals surface area contributed by atoms with Crippen molar-refractivity contribution in [1.29, 1.82) is 0 Å². The van der Waals surface area contributed by atoms with Gasteiger partial charge in [0, 0.05) is 0 Å². The first-order valence-corrected chi connectivity index (χ1v) is 12.7. The molecule has 0 spiro atoms. The van der Waals surface area contributed by atoms with Gasteiger partial charge in [0.25, 0.3) is 13.9 Å². The molecule has 6 nitrogen and oxygen atoms in total. The Kier molecular flexibility index (Phi) is 6.33. The number of halogens is 1. The number of nitrogens with one attached hydrogen (secondary N) is 1. The van der Waals surface area contributed by atoms with Crippen LogP contribution in [0.1, 0.15) is 27.0 Å². The van der Waals surface area contributed by atoms with E-state index >= 15 is 0 Å². The lowest BCUT2D eigenvalue weighted by Crippen LogP contribution is -2.67. The first-order valence-electron chi connectivity index (χ1n) is 10.8. The molecule has 0 saturated carbocycles. The van der Waals surface area contributed by atoms with Crippen LogP contribution < -0.4 is 21.6 Å². The lowest BCUT2D eigenvalue weighted by molar-refractivity contribution is -0.00759. The van der Waals surface area contributed by atoms with Crippen LogP contribution in [0.5, 0.6) is 0 Å². The number of nitrogens with zero attached hydrogens (tertiary/aromatic N) is 1. The normalized spacial score (nSPS) is 18.5. The van der Waals surface area contributed by atoms with Crippen molar-refractivity contribution in [3.05, 3.63) is 106 Å². The molecule has 0 saturated heterocycles. The van der Waals surface area contributed by atoms with Gasteiger partial charge in [-0.15, -0.1) is 0 Å². The fraction of sp³-hybridized carbons (Fsp3) is 0.280. The van der Waals surface area contributed by atoms with Crippen LogP contribution in [-0.2, 0) is 9.16 Å². The van der Waals surface area contributed by atoms with Crippen molar-refractivity contribution in [2.24, 2.45) is 0 Å². The van der Waals surface area contributed by atoms with Crippen LogP contribution in [0.15, 0.2) is 88.6 Å². The van der Waals surface area contributed by atoms with Crippen molar-refractivity contribution in [2.45, 2.75) is 38.1 Å². The fourth-order valence-corrected chi connectivity index (χ4v) is 8.93. The average molecular weight is 467 g/mol. The van der Waals surface area contributed by atoms with E-state index in [9.17, 15) is 14.0 Å². The fourth-order valence-electron chi connectivity index (χ4n) is 4.36. The Morgan fingerprint density at radius 1 is 1.00 bits per heavy atom. The summed E-state index contributed by atoms with van der Waals surface area (Å²) in [7, 11) is -2.74. The summed E-state index contributed by atoms with van der Waals surface area (Å²) in [6, 6.07) is 20.5. The smallest absolute Gasteiger partial charge is 0.330 e. The maximum atomic E-state index is 13.7. The number of aromatic amines is 1. The highest BCUT2D eigenvalue weighted by Crippen LogP contribution is 2.37. The third-order valence-corrected chi connectivity index (χ3v) is 10.9. The summed E-state index contributed by atoms with van der Waals surface area (Å²) in [5.74, 6) is -1.04. The molecule has 0 unspecified atom stereocenters. The number of benzene rings is 2. The summed E-state index contributed by atoms with van der Waals surface area (Å²) in [5.41, 5.74) is -1.78. The maximum absolute atomic E-state index is 13.7. The lowest BCUT2D eigenvalue weighted by atomic mass is 10.2. The Morgan fingerprint density at radius 3 is 2.12 bits per heavy atom. The van der Waals surface area contributed by atoms with Crippen molar-refractivity contribution >= 4 is 18.7 Å². The molecule has 1 aliphatic heterocycles. The molecule has 33 heavy (non-hydrogen) atoms. The third-order valence-electron chi connectivity index (χ3n) is 5.88. The molecule has 172 valence electrons. The van der Waals surface area contributed by atoms with Crippen LogP contribution >= 0.6 is 0 Å². The first kappa shape index (κ1) is 23.1. The predicted octanol–water partition coefficient (Wildman–Crippen LogP) is 2.71. The van der Waals surface area contributed by atoms with Gasteiger partial charge in [0.2, 0.25) is 5.82 Å². The molecular formula is C25H27FN2O4Si. The van der Waals surface area contributed by atoms with E-state index in [4.69, 9.17) is 9.16 Å². The first-order chi connectivity index (χ1) is 15.7. The number of rotatable bonds is 6. The van der Waals surface area contributed by atoms with Gasteiger partial charge < -0.3 is 9.16 Å². The van der Waals surface area contributed by atoms with Gasteiger partial charge in [-0.05, 0) is 21.5 Å². The Balaban J connectivity index is 1.63. The zero-order valence-electron chi connectivity index (χ0n) is 18.8. The highest BCUT2D eigenvalue weighted by atomic mass is 28.4. The molecular weight excluding hydrogens is 439 g/mol. The summed E-state index contributed by atoms with van der Waals surface area (Å²) >= 11 is 0. The summed E-state index contributed by atoms with van der Waals surface area (Å²) < 4.78 is 27.6. The molecule has 2 aromatic carbocycles. The van der Waals surface area contributed by atoms with Crippen LogP contribution in [0.2, 0.25) is 5.04 Å². The van der Waals surface area contributed by atoms with E-state index in [1.807, 2.05) is 41.4 Å². The molecule has 0 bridgehead atoms. The molecule has 0 aliphatic carbocycles. The molecule has 3 aromatic rings. The number of hydrogen-bond donors (Lipinski definition) is 1. The van der Waals surface area contributed by atoms with Crippen LogP contribution in [-0.4, -0.2) is 30.6 Å². The van der Waals surface area contributed by atoms with Crippen LogP contribution in [0.4, 0.5) is 4.39 Å². The summed E-state index contributed by atoms with van der Waals surface area (Å²) in [4.78, 5) is 25.4. The van der Waals surface area contributed by atoms with E-state index in [0.717, 1.165) is 21.1 Å². The summed E-state index contributed by atoms with van der Waals surface area (Å²) in [6.07, 6.45) is 3.08. The van der Waals surface area contributed by atoms with E-state index < -0.39 is 37.7 Å². The Labute approximate surface area is 192 Å². The van der Waals surface area contributed by atoms with E-state index in [1.165, 1.54) is 0 Å². The van der Waals surface area contributed by atoms with Gasteiger partial charge in [-0.25, -0.2) is 4.79 Å². The number of aromatic nitrogens is 2. The molecule has 1 N–H and O–H groups in total. The van der Waals surface area contributed by atoms with Gasteiger partial charge in [0.15, 0.2) is 6.23 Å². The topological polar surface area (TPSA) is 73.3 Å². The standard InChI is InChI=1S/C25H27FN2O4Si/c1-25(2,3)33(19-10-6-4-7-11-19,20-12-8-5-9-13-20)31-17-18-14-15-22(32-18)28-16-21(26)23(29)27-24(28)30/h4-16,18,22H,17H2,1-3H3,(H,27,29,30)/t18-,22+/m0/s1. The second-order valence-electron chi connectivity index (χ2n) is 9.07.